The predicted octanol–water partition coefficient (Wildman–Crippen LogP) is 7.10. The summed E-state index contributed by atoms with van der Waals surface area (Å²) in [6.45, 7) is 17.2. The molecule has 37 heavy (non-hydrogen) atoms. The molecule has 2 saturated carbocycles. The van der Waals surface area contributed by atoms with Gasteiger partial charge in [0.1, 0.15) is 0 Å². The van der Waals surface area contributed by atoms with E-state index in [1.54, 1.807) is 10.5 Å². The summed E-state index contributed by atoms with van der Waals surface area (Å²) in [7, 11) is 0. The lowest BCUT2D eigenvalue weighted by Crippen LogP contribution is -2.46. The molecular weight excluding hydrogens is 475 g/mol. The quantitative estimate of drug-likeness (QED) is 0.403. The van der Waals surface area contributed by atoms with E-state index >= 15 is 0 Å². The molecule has 0 radical (unpaired) electrons. The largest absolute Gasteiger partial charge is 0.417 e. The van der Waals surface area contributed by atoms with Crippen LogP contribution in [0, 0.1) is 17.3 Å². The number of aromatic nitrogens is 1. The van der Waals surface area contributed by atoms with E-state index in [1.807, 2.05) is 13.8 Å². The summed E-state index contributed by atoms with van der Waals surface area (Å²) in [6, 6.07) is 1.17. The topological polar surface area (TPSA) is 45.2 Å². The van der Waals surface area contributed by atoms with Crippen molar-refractivity contribution in [2.24, 2.45) is 17.3 Å². The summed E-state index contributed by atoms with van der Waals surface area (Å²) in [5.41, 5.74) is 4.52. The summed E-state index contributed by atoms with van der Waals surface area (Å²) in [6.07, 6.45) is 3.46. The molecule has 0 aromatic carbocycles. The van der Waals surface area contributed by atoms with Crippen molar-refractivity contribution in [3.05, 3.63) is 52.4 Å². The van der Waals surface area contributed by atoms with E-state index in [4.69, 9.17) is 0 Å². The number of fused-ring (bicyclic) bond motifs is 2. The maximum absolute atomic E-state index is 13.3. The monoisotopic (exact) mass is 519 g/mol. The summed E-state index contributed by atoms with van der Waals surface area (Å²) < 4.78 is 38.9. The second-order valence-corrected chi connectivity index (χ2v) is 11.8. The molecule has 3 heterocycles. The van der Waals surface area contributed by atoms with Crippen LogP contribution in [0.15, 0.2) is 35.6 Å². The van der Waals surface area contributed by atoms with E-state index in [-0.39, 0.29) is 17.9 Å². The minimum Gasteiger partial charge on any atom is -0.337 e. The van der Waals surface area contributed by atoms with Crippen LogP contribution in [-0.4, -0.2) is 35.4 Å². The van der Waals surface area contributed by atoms with Gasteiger partial charge in [0.05, 0.1) is 11.0 Å². The molecule has 3 unspecified atom stereocenters. The van der Waals surface area contributed by atoms with Crippen molar-refractivity contribution in [3.63, 3.8) is 0 Å². The molecule has 0 saturated heterocycles. The number of allylic oxidation sites excluding steroid dienone is 1. The van der Waals surface area contributed by atoms with Crippen LogP contribution >= 0.6 is 0 Å². The van der Waals surface area contributed by atoms with Crippen molar-refractivity contribution in [2.45, 2.75) is 92.3 Å². The third-order valence-electron chi connectivity index (χ3n) is 8.23. The second kappa shape index (κ2) is 12.1. The van der Waals surface area contributed by atoms with Crippen LogP contribution in [0.1, 0.15) is 90.0 Å². The highest BCUT2D eigenvalue weighted by atomic mass is 19.4. The minimum atomic E-state index is -4.40. The van der Waals surface area contributed by atoms with Gasteiger partial charge in [-0.3, -0.25) is 9.78 Å². The Morgan fingerprint density at radius 3 is 2.51 bits per heavy atom. The van der Waals surface area contributed by atoms with Crippen LogP contribution in [0.2, 0.25) is 0 Å². The molecule has 3 atom stereocenters. The summed E-state index contributed by atoms with van der Waals surface area (Å²) in [5, 5.41) is 3.31. The van der Waals surface area contributed by atoms with Gasteiger partial charge >= 0.3 is 6.18 Å². The number of nitrogens with zero attached hydrogens (tertiary/aromatic N) is 2. The molecule has 7 heteroatoms. The summed E-state index contributed by atoms with van der Waals surface area (Å²) in [4.78, 5) is 19.1. The molecule has 1 amide bonds. The zero-order valence-electron chi connectivity index (χ0n) is 23.2. The standard InChI is InChI=1S/C19H23F3N2O.C7H13N.C4H8/c1-12-7-14-3-2-5-18(14,9-12)17(25)24-6-4-16-13(11-24)8-15(10-23-16)19(20,21)22;1-6-3-4-8-5-7(6)2;1-4(2)3/h8,10,12,14H,2-7,9,11H2,1H3;8H,3-5H2,1-2H3;1H2,2-3H3. The van der Waals surface area contributed by atoms with Gasteiger partial charge in [0.25, 0.3) is 0 Å². The minimum absolute atomic E-state index is 0.169. The lowest BCUT2D eigenvalue weighted by Gasteiger charge is -2.37. The van der Waals surface area contributed by atoms with Crippen LogP contribution in [-0.2, 0) is 23.9 Å². The highest BCUT2D eigenvalue weighted by Crippen LogP contribution is 2.57. The van der Waals surface area contributed by atoms with Crippen LogP contribution in [0.3, 0.4) is 0 Å². The molecule has 2 aliphatic carbocycles. The van der Waals surface area contributed by atoms with Crippen molar-refractivity contribution in [3.8, 4) is 0 Å². The molecule has 2 aliphatic heterocycles. The van der Waals surface area contributed by atoms with Gasteiger partial charge in [0, 0.05) is 37.9 Å². The fraction of sp³-hybridized carbons (Fsp3) is 0.667. The first-order valence-corrected chi connectivity index (χ1v) is 13.7. The highest BCUT2D eigenvalue weighted by molar-refractivity contribution is 5.84. The number of hydrogen-bond acceptors (Lipinski definition) is 3. The molecule has 206 valence electrons. The Balaban J connectivity index is 0.000000263. The van der Waals surface area contributed by atoms with Gasteiger partial charge in [0.2, 0.25) is 5.91 Å². The van der Waals surface area contributed by atoms with Crippen LogP contribution in [0.4, 0.5) is 13.2 Å². The number of carbonyl (C=O) groups is 1. The van der Waals surface area contributed by atoms with Crippen LogP contribution in [0.5, 0.6) is 0 Å². The van der Waals surface area contributed by atoms with E-state index in [0.717, 1.165) is 44.8 Å². The summed E-state index contributed by atoms with van der Waals surface area (Å²) in [5.74, 6) is 1.18. The molecule has 2 fully saturated rings. The number of hydrogen-bond donors (Lipinski definition) is 1. The third-order valence-corrected chi connectivity index (χ3v) is 8.23. The van der Waals surface area contributed by atoms with Gasteiger partial charge < -0.3 is 10.2 Å². The lowest BCUT2D eigenvalue weighted by atomic mass is 9.78. The van der Waals surface area contributed by atoms with E-state index in [1.165, 1.54) is 30.2 Å². The van der Waals surface area contributed by atoms with Crippen LogP contribution < -0.4 is 5.32 Å². The van der Waals surface area contributed by atoms with Crippen molar-refractivity contribution in [1.82, 2.24) is 15.2 Å². The first kappa shape index (κ1) is 29.4. The number of alkyl halides is 3. The van der Waals surface area contributed by atoms with Crippen molar-refractivity contribution in [1.29, 1.82) is 0 Å². The van der Waals surface area contributed by atoms with Gasteiger partial charge in [-0.25, -0.2) is 0 Å². The maximum atomic E-state index is 13.3. The predicted molar refractivity (Wildman–Crippen MR) is 143 cm³/mol. The van der Waals surface area contributed by atoms with Crippen LogP contribution in [0.25, 0.3) is 0 Å². The first-order valence-electron chi connectivity index (χ1n) is 13.7. The molecular formula is C30H44F3N3O. The van der Waals surface area contributed by atoms with E-state index in [9.17, 15) is 18.0 Å². The number of carbonyl (C=O) groups excluding carboxylic acids is 1. The Hall–Kier alpha value is -2.15. The van der Waals surface area contributed by atoms with Crippen molar-refractivity contribution in [2.75, 3.05) is 19.6 Å². The Labute approximate surface area is 220 Å². The Kier molecular flexibility index (Phi) is 9.65. The molecule has 5 rings (SSSR count). The smallest absolute Gasteiger partial charge is 0.337 e. The van der Waals surface area contributed by atoms with Gasteiger partial charge in [-0.2, -0.15) is 13.2 Å². The number of halogens is 3. The Morgan fingerprint density at radius 1 is 1.22 bits per heavy atom. The SMILES string of the molecule is C=C(C)C.CC1=C(C)CNCC1.CC1CC2CCCC2(C(=O)N2CCc3ncc(C(F)(F)F)cc3C2)C1. The fourth-order valence-electron chi connectivity index (χ4n) is 6.30. The van der Waals surface area contributed by atoms with Gasteiger partial charge in [-0.1, -0.05) is 30.1 Å². The fourth-order valence-corrected chi connectivity index (χ4v) is 6.30. The molecule has 1 aromatic heterocycles. The second-order valence-electron chi connectivity index (χ2n) is 11.8. The number of amides is 1. The normalized spacial score (nSPS) is 26.9. The average molecular weight is 520 g/mol. The number of rotatable bonds is 1. The molecule has 1 N–H and O–H groups in total. The molecule has 0 spiro atoms. The molecule has 4 nitrogen and oxygen atoms in total. The lowest BCUT2D eigenvalue weighted by molar-refractivity contribution is -0.144. The highest BCUT2D eigenvalue weighted by Gasteiger charge is 2.55. The molecule has 4 aliphatic rings. The number of nitrogens with one attached hydrogen (secondary N) is 1. The Bertz CT molecular complexity index is 998. The van der Waals surface area contributed by atoms with Crippen molar-refractivity contribution < 1.29 is 18.0 Å². The number of pyridine rings is 1. The summed E-state index contributed by atoms with van der Waals surface area (Å²) >= 11 is 0. The zero-order chi connectivity index (χ0) is 27.4. The van der Waals surface area contributed by atoms with E-state index in [2.05, 4.69) is 37.7 Å². The zero-order valence-corrected chi connectivity index (χ0v) is 23.2. The van der Waals surface area contributed by atoms with E-state index < -0.39 is 11.7 Å². The Morgan fingerprint density at radius 2 is 1.92 bits per heavy atom. The van der Waals surface area contributed by atoms with Gasteiger partial charge in [-0.05, 0) is 89.8 Å². The van der Waals surface area contributed by atoms with Gasteiger partial charge in [0.15, 0.2) is 0 Å². The van der Waals surface area contributed by atoms with Crippen molar-refractivity contribution >= 4 is 5.91 Å². The maximum Gasteiger partial charge on any atom is 0.417 e. The third kappa shape index (κ3) is 7.24. The molecule has 0 bridgehead atoms. The average Bonchev–Trinajstić information content (AvgIpc) is 3.36. The first-order chi connectivity index (χ1) is 17.3. The van der Waals surface area contributed by atoms with Gasteiger partial charge in [-0.15, -0.1) is 6.58 Å². The van der Waals surface area contributed by atoms with E-state index in [0.29, 0.717) is 36.1 Å². The molecule has 1 aromatic rings.